The Morgan fingerprint density at radius 2 is 1.81 bits per heavy atom. The quantitative estimate of drug-likeness (QED) is 0.172. The van der Waals surface area contributed by atoms with Gasteiger partial charge in [0.15, 0.2) is 12.6 Å². The highest BCUT2D eigenvalue weighted by atomic mass is 16.7. The third-order valence-corrected chi connectivity index (χ3v) is 8.96. The molecule has 0 amide bonds. The van der Waals surface area contributed by atoms with Gasteiger partial charge in [0.05, 0.1) is 19.3 Å². The van der Waals surface area contributed by atoms with Crippen molar-refractivity contribution in [2.45, 2.75) is 123 Å². The predicted octanol–water partition coefficient (Wildman–Crippen LogP) is 6.73. The molecular formula is C31H50O6. The minimum Gasteiger partial charge on any atom is -0.466 e. The maximum Gasteiger partial charge on any atom is 0.330 e. The summed E-state index contributed by atoms with van der Waals surface area (Å²) in [6.45, 7) is 8.48. The first kappa shape index (κ1) is 28.8. The largest absolute Gasteiger partial charge is 0.466 e. The molecule has 0 N–H and O–H groups in total. The minimum atomic E-state index is -0.246. The summed E-state index contributed by atoms with van der Waals surface area (Å²) in [5, 5.41) is 0. The van der Waals surface area contributed by atoms with Crippen molar-refractivity contribution in [2.75, 3.05) is 20.3 Å². The van der Waals surface area contributed by atoms with Crippen molar-refractivity contribution in [3.05, 3.63) is 23.8 Å². The first-order chi connectivity index (χ1) is 17.9. The third kappa shape index (κ3) is 7.90. The monoisotopic (exact) mass is 518 g/mol. The van der Waals surface area contributed by atoms with Crippen molar-refractivity contribution < 1.29 is 28.5 Å². The molecule has 37 heavy (non-hydrogen) atoms. The number of allylic oxidation sites excluding steroid dienone is 1. The zero-order chi connectivity index (χ0) is 26.3. The highest BCUT2D eigenvalue weighted by Crippen LogP contribution is 2.52. The zero-order valence-corrected chi connectivity index (χ0v) is 23.6. The molecule has 2 heterocycles. The molecule has 6 heteroatoms. The summed E-state index contributed by atoms with van der Waals surface area (Å²) in [6.07, 6.45) is 19.2. The molecule has 4 rings (SSSR count). The number of unbranched alkanes of at least 4 members (excludes halogenated alkanes) is 1. The van der Waals surface area contributed by atoms with Crippen LogP contribution in [0.15, 0.2) is 23.8 Å². The van der Waals surface area contributed by atoms with Crippen molar-refractivity contribution in [3.63, 3.8) is 0 Å². The van der Waals surface area contributed by atoms with E-state index in [0.717, 1.165) is 71.0 Å². The number of carbonyl (C=O) groups excluding carboxylic acids is 1. The van der Waals surface area contributed by atoms with E-state index in [9.17, 15) is 4.79 Å². The Morgan fingerprint density at radius 1 is 1.08 bits per heavy atom. The van der Waals surface area contributed by atoms with Gasteiger partial charge >= 0.3 is 5.97 Å². The van der Waals surface area contributed by atoms with E-state index >= 15 is 0 Å². The number of hydrogen-bond donors (Lipinski definition) is 0. The van der Waals surface area contributed by atoms with E-state index in [2.05, 4.69) is 32.9 Å². The van der Waals surface area contributed by atoms with Gasteiger partial charge in [-0.25, -0.2) is 4.79 Å². The summed E-state index contributed by atoms with van der Waals surface area (Å²) in [5.74, 6) is 1.02. The molecule has 2 saturated carbocycles. The topological polar surface area (TPSA) is 63.2 Å². The summed E-state index contributed by atoms with van der Waals surface area (Å²) >= 11 is 0. The van der Waals surface area contributed by atoms with E-state index in [1.807, 2.05) is 0 Å². The molecule has 2 aliphatic heterocycles. The fraction of sp³-hybridized carbons (Fsp3) is 0.839. The maximum absolute atomic E-state index is 11.9. The van der Waals surface area contributed by atoms with Gasteiger partial charge in [0.2, 0.25) is 0 Å². The Hall–Kier alpha value is -1.21. The van der Waals surface area contributed by atoms with Crippen LogP contribution >= 0.6 is 0 Å². The highest BCUT2D eigenvalue weighted by molar-refractivity contribution is 5.82. The molecule has 0 aromatic carbocycles. The van der Waals surface area contributed by atoms with Crippen LogP contribution in [0.1, 0.15) is 97.8 Å². The van der Waals surface area contributed by atoms with E-state index in [-0.39, 0.29) is 42.1 Å². The van der Waals surface area contributed by atoms with Crippen molar-refractivity contribution >= 4 is 5.97 Å². The maximum atomic E-state index is 11.9. The van der Waals surface area contributed by atoms with Crippen LogP contribution in [-0.2, 0) is 28.5 Å². The van der Waals surface area contributed by atoms with E-state index in [0.29, 0.717) is 11.8 Å². The first-order valence-corrected chi connectivity index (χ1v) is 14.9. The molecule has 4 fully saturated rings. The van der Waals surface area contributed by atoms with E-state index in [1.165, 1.54) is 31.9 Å². The van der Waals surface area contributed by atoms with Gasteiger partial charge in [0.1, 0.15) is 0 Å². The van der Waals surface area contributed by atoms with Gasteiger partial charge in [0, 0.05) is 25.2 Å². The lowest BCUT2D eigenvalue weighted by atomic mass is 9.80. The fourth-order valence-corrected chi connectivity index (χ4v) is 6.73. The standard InChI is InChI=1S/C31H50O6/c1-5-6-15-31(2,3)27(37-30-12-8-10-17-35-30)14-13-24-25-19-22(20-28(32)33-4)18-23(25)21-26(24)36-29-11-7-9-16-34-29/h13-14,20,23-27,29-30H,5-12,15-19,21H2,1-4H3/b14-13+,22-20+/t23-,24+,25-,26+,27+,29?,30?/m0/s1. The molecule has 0 aromatic heterocycles. The van der Waals surface area contributed by atoms with Gasteiger partial charge in [-0.15, -0.1) is 0 Å². The lowest BCUT2D eigenvalue weighted by Crippen LogP contribution is -2.37. The third-order valence-electron chi connectivity index (χ3n) is 8.96. The van der Waals surface area contributed by atoms with Crippen LogP contribution in [-0.4, -0.2) is 51.1 Å². The SMILES string of the molecule is CCCCC(C)(C)[C@@H](/C=C/[C@@H]1[C@H]2C/C(=C/C(=O)OC)C[C@H]2C[C@H]1OC1CCCCO1)OC1CCCCO1. The summed E-state index contributed by atoms with van der Waals surface area (Å²) < 4.78 is 30.1. The highest BCUT2D eigenvalue weighted by Gasteiger charge is 2.47. The van der Waals surface area contributed by atoms with Gasteiger partial charge in [-0.05, 0) is 81.5 Å². The van der Waals surface area contributed by atoms with Crippen molar-refractivity contribution in [2.24, 2.45) is 23.2 Å². The van der Waals surface area contributed by atoms with Gasteiger partial charge in [0.25, 0.3) is 0 Å². The van der Waals surface area contributed by atoms with Crippen LogP contribution in [0.2, 0.25) is 0 Å². The summed E-state index contributed by atoms with van der Waals surface area (Å²) in [6, 6.07) is 0. The number of ether oxygens (including phenoxy) is 5. The molecule has 0 aromatic rings. The molecule has 0 bridgehead atoms. The Morgan fingerprint density at radius 3 is 2.46 bits per heavy atom. The molecule has 6 nitrogen and oxygen atoms in total. The Balaban J connectivity index is 1.53. The van der Waals surface area contributed by atoms with Crippen LogP contribution in [0.3, 0.4) is 0 Å². The normalized spacial score (nSPS) is 34.6. The molecule has 2 unspecified atom stereocenters. The summed E-state index contributed by atoms with van der Waals surface area (Å²) in [4.78, 5) is 11.9. The Kier molecular flexibility index (Phi) is 10.7. The molecule has 210 valence electrons. The second-order valence-electron chi connectivity index (χ2n) is 12.3. The second-order valence-corrected chi connectivity index (χ2v) is 12.3. The average Bonchev–Trinajstić information content (AvgIpc) is 3.43. The van der Waals surface area contributed by atoms with Gasteiger partial charge in [-0.1, -0.05) is 51.3 Å². The molecule has 0 spiro atoms. The van der Waals surface area contributed by atoms with Gasteiger partial charge < -0.3 is 23.7 Å². The minimum absolute atomic E-state index is 0.0137. The molecule has 4 aliphatic rings. The van der Waals surface area contributed by atoms with Crippen LogP contribution in [0.4, 0.5) is 0 Å². The molecule has 2 aliphatic carbocycles. The molecule has 0 radical (unpaired) electrons. The fourth-order valence-electron chi connectivity index (χ4n) is 6.73. The second kappa shape index (κ2) is 13.7. The van der Waals surface area contributed by atoms with Crippen LogP contribution in [0.5, 0.6) is 0 Å². The molecule has 2 saturated heterocycles. The lowest BCUT2D eigenvalue weighted by molar-refractivity contribution is -0.198. The number of fused-ring (bicyclic) bond motifs is 1. The summed E-state index contributed by atoms with van der Waals surface area (Å²) in [7, 11) is 1.45. The average molecular weight is 519 g/mol. The van der Waals surface area contributed by atoms with Crippen LogP contribution in [0, 0.1) is 23.2 Å². The number of esters is 1. The Labute approximate surface area is 224 Å². The smallest absolute Gasteiger partial charge is 0.330 e. The van der Waals surface area contributed by atoms with Gasteiger partial charge in [-0.2, -0.15) is 0 Å². The summed E-state index contributed by atoms with van der Waals surface area (Å²) in [5.41, 5.74) is 1.22. The van der Waals surface area contributed by atoms with Crippen LogP contribution in [0.25, 0.3) is 0 Å². The number of hydrogen-bond acceptors (Lipinski definition) is 6. The number of methoxy groups -OCH3 is 1. The predicted molar refractivity (Wildman–Crippen MR) is 144 cm³/mol. The van der Waals surface area contributed by atoms with E-state index in [1.54, 1.807) is 6.08 Å². The van der Waals surface area contributed by atoms with Crippen molar-refractivity contribution in [1.82, 2.24) is 0 Å². The van der Waals surface area contributed by atoms with Gasteiger partial charge in [-0.3, -0.25) is 0 Å². The first-order valence-electron chi connectivity index (χ1n) is 14.9. The Bertz CT molecular complexity index is 777. The number of rotatable bonds is 11. The molecular weight excluding hydrogens is 468 g/mol. The van der Waals surface area contributed by atoms with Crippen molar-refractivity contribution in [1.29, 1.82) is 0 Å². The van der Waals surface area contributed by atoms with Crippen molar-refractivity contribution in [3.8, 4) is 0 Å². The zero-order valence-electron chi connectivity index (χ0n) is 23.6. The number of carbonyl (C=O) groups is 1. The van der Waals surface area contributed by atoms with E-state index < -0.39 is 0 Å². The lowest BCUT2D eigenvalue weighted by Gasteiger charge is -2.36. The van der Waals surface area contributed by atoms with Crippen LogP contribution < -0.4 is 0 Å². The molecule has 7 atom stereocenters. The van der Waals surface area contributed by atoms with E-state index in [4.69, 9.17) is 23.7 Å².